The molecule has 196 valence electrons. The molecule has 1 aliphatic carbocycles. The molecule has 0 bridgehead atoms. The molecule has 1 amide bonds. The Hall–Kier alpha value is -2.88. The Morgan fingerprint density at radius 3 is 2.78 bits per heavy atom. The van der Waals surface area contributed by atoms with Gasteiger partial charge in [-0.1, -0.05) is 6.07 Å². The molecule has 37 heavy (non-hydrogen) atoms. The smallest absolute Gasteiger partial charge is 0.223 e. The Morgan fingerprint density at radius 2 is 1.95 bits per heavy atom. The highest BCUT2D eigenvalue weighted by Crippen LogP contribution is 2.40. The zero-order valence-electron chi connectivity index (χ0n) is 21.0. The third-order valence-electron chi connectivity index (χ3n) is 8.52. The van der Waals surface area contributed by atoms with Crippen LogP contribution in [-0.2, 0) is 11.2 Å². The maximum Gasteiger partial charge on any atom is 0.223 e. The highest BCUT2D eigenvalue weighted by molar-refractivity contribution is 5.79. The first-order valence-electron chi connectivity index (χ1n) is 13.3. The summed E-state index contributed by atoms with van der Waals surface area (Å²) in [6.07, 6.45) is 9.42. The highest BCUT2D eigenvalue weighted by Gasteiger charge is 2.43. The summed E-state index contributed by atoms with van der Waals surface area (Å²) in [6, 6.07) is 8.70. The van der Waals surface area contributed by atoms with E-state index in [1.165, 1.54) is 23.8 Å². The molecule has 6 atom stereocenters. The maximum absolute atomic E-state index is 14.2. The largest absolute Gasteiger partial charge is 0.352 e. The second-order valence-corrected chi connectivity index (χ2v) is 11.1. The van der Waals surface area contributed by atoms with Crippen molar-refractivity contribution >= 4 is 11.6 Å². The van der Waals surface area contributed by atoms with Crippen LogP contribution in [0.2, 0.25) is 0 Å². The van der Waals surface area contributed by atoms with Gasteiger partial charge in [-0.25, -0.2) is 19.2 Å². The molecule has 3 aromatic rings. The summed E-state index contributed by atoms with van der Waals surface area (Å²) in [5, 5.41) is 3.30. The zero-order chi connectivity index (χ0) is 25.5. The number of piperidine rings is 1. The number of likely N-dealkylation sites (tertiary alicyclic amines) is 1. The van der Waals surface area contributed by atoms with E-state index in [0.29, 0.717) is 18.4 Å². The van der Waals surface area contributed by atoms with Crippen LogP contribution in [0.3, 0.4) is 0 Å². The van der Waals surface area contributed by atoms with Crippen molar-refractivity contribution in [2.75, 3.05) is 20.1 Å². The highest BCUT2D eigenvalue weighted by atomic mass is 19.1. The normalized spacial score (nSPS) is 30.4. The van der Waals surface area contributed by atoms with Gasteiger partial charge < -0.3 is 14.6 Å². The fourth-order valence-corrected chi connectivity index (χ4v) is 6.78. The number of aromatic nitrogens is 2. The van der Waals surface area contributed by atoms with Gasteiger partial charge in [0.05, 0.1) is 6.04 Å². The number of benzene rings is 1. The van der Waals surface area contributed by atoms with Gasteiger partial charge in [0.15, 0.2) is 0 Å². The van der Waals surface area contributed by atoms with Crippen LogP contribution < -0.4 is 16.2 Å². The van der Waals surface area contributed by atoms with Crippen LogP contribution in [0.4, 0.5) is 8.78 Å². The van der Waals surface area contributed by atoms with E-state index in [2.05, 4.69) is 38.2 Å². The number of rotatable bonds is 5. The summed E-state index contributed by atoms with van der Waals surface area (Å²) in [7, 11) is 2.01. The van der Waals surface area contributed by atoms with Crippen molar-refractivity contribution in [3.8, 4) is 0 Å². The molecule has 2 aliphatic heterocycles. The third-order valence-corrected chi connectivity index (χ3v) is 8.52. The van der Waals surface area contributed by atoms with Crippen LogP contribution in [0.1, 0.15) is 42.9 Å². The fourth-order valence-electron chi connectivity index (χ4n) is 6.78. The van der Waals surface area contributed by atoms with E-state index < -0.39 is 11.6 Å². The molecule has 2 saturated heterocycles. The average molecular weight is 509 g/mol. The summed E-state index contributed by atoms with van der Waals surface area (Å²) in [5.41, 5.74) is 9.17. The van der Waals surface area contributed by atoms with Crippen LogP contribution in [-0.4, -0.2) is 52.4 Å². The lowest BCUT2D eigenvalue weighted by atomic mass is 9.74. The van der Waals surface area contributed by atoms with E-state index in [4.69, 9.17) is 0 Å². The number of likely N-dealkylation sites (N-methyl/N-ethyl adjacent to an activating group) is 1. The second-order valence-electron chi connectivity index (χ2n) is 11.1. The Bertz CT molecular complexity index is 1260. The second kappa shape index (κ2) is 10.1. The number of amides is 1. The molecule has 2 aromatic heterocycles. The number of halogens is 2. The van der Waals surface area contributed by atoms with Crippen molar-refractivity contribution in [1.82, 2.24) is 30.5 Å². The number of hydrogen-bond acceptors (Lipinski definition) is 5. The van der Waals surface area contributed by atoms with Gasteiger partial charge in [-0.2, -0.15) is 0 Å². The molecule has 0 spiro atoms. The van der Waals surface area contributed by atoms with Crippen LogP contribution in [0, 0.1) is 29.4 Å². The third kappa shape index (κ3) is 5.00. The van der Waals surface area contributed by atoms with Gasteiger partial charge in [-0.3, -0.25) is 10.2 Å². The molecular formula is C28H34F2N6O. The number of hydrogen-bond donors (Lipinski definition) is 3. The monoisotopic (exact) mass is 508 g/mol. The Labute approximate surface area is 215 Å². The lowest BCUT2D eigenvalue weighted by Crippen LogP contribution is -2.52. The minimum Gasteiger partial charge on any atom is -0.352 e. The number of fused-ring (bicyclic) bond motifs is 2. The zero-order valence-corrected chi connectivity index (χ0v) is 21.0. The Balaban J connectivity index is 1.10. The Kier molecular flexibility index (Phi) is 6.69. The minimum absolute atomic E-state index is 0.0257. The maximum atomic E-state index is 14.2. The molecule has 4 unspecified atom stereocenters. The van der Waals surface area contributed by atoms with Gasteiger partial charge in [-0.05, 0) is 80.8 Å². The van der Waals surface area contributed by atoms with Gasteiger partial charge in [0.1, 0.15) is 17.3 Å². The van der Waals surface area contributed by atoms with Gasteiger partial charge in [0, 0.05) is 55.2 Å². The van der Waals surface area contributed by atoms with Crippen molar-refractivity contribution in [1.29, 1.82) is 0 Å². The van der Waals surface area contributed by atoms with Crippen molar-refractivity contribution < 1.29 is 13.6 Å². The average Bonchev–Trinajstić information content (AvgIpc) is 3.52. The number of carbonyl (C=O) groups excluding carboxylic acids is 1. The predicted molar refractivity (Wildman–Crippen MR) is 136 cm³/mol. The SMILES string of the molecule is CN1C[C@H](Cc2c(F)cccc2F)C[C@H](NC(=O)C2CCC3NNC(c4ccn5ccnc5c4)C3C2)C1. The molecule has 0 radical (unpaired) electrons. The number of imidazole rings is 1. The molecule has 6 rings (SSSR count). The summed E-state index contributed by atoms with van der Waals surface area (Å²) in [6.45, 7) is 1.50. The number of carbonyl (C=O) groups is 1. The van der Waals surface area contributed by atoms with Crippen molar-refractivity contribution in [2.45, 2.75) is 50.2 Å². The van der Waals surface area contributed by atoms with Crippen LogP contribution in [0.5, 0.6) is 0 Å². The van der Waals surface area contributed by atoms with Gasteiger partial charge in [0.2, 0.25) is 5.91 Å². The molecular weight excluding hydrogens is 474 g/mol. The number of pyridine rings is 1. The molecule has 3 aliphatic rings. The molecule has 4 heterocycles. The van der Waals surface area contributed by atoms with Gasteiger partial charge >= 0.3 is 0 Å². The Morgan fingerprint density at radius 1 is 1.11 bits per heavy atom. The van der Waals surface area contributed by atoms with Crippen LogP contribution >= 0.6 is 0 Å². The summed E-state index contributed by atoms with van der Waals surface area (Å²) >= 11 is 0. The molecule has 1 aromatic carbocycles. The number of hydrazine groups is 1. The first kappa shape index (κ1) is 24.5. The topological polar surface area (TPSA) is 73.7 Å². The summed E-state index contributed by atoms with van der Waals surface area (Å²) < 4.78 is 30.5. The standard InChI is InChI=1S/C28H34F2N6O/c1-35-15-17(12-21-23(29)3-2-4-24(21)30)11-20(16-35)32-28(37)19-5-6-25-22(13-19)27(34-33-25)18-7-9-36-10-8-31-26(36)14-18/h2-4,7-10,14,17,19-20,22,25,27,33-34H,5-6,11-13,15-16H2,1H3,(H,32,37)/t17-,19?,20-,22?,25?,27?/m0/s1. The molecule has 1 saturated carbocycles. The summed E-state index contributed by atoms with van der Waals surface area (Å²) in [5.74, 6) is -0.542. The van der Waals surface area contributed by atoms with E-state index in [9.17, 15) is 13.6 Å². The first-order valence-corrected chi connectivity index (χ1v) is 13.3. The van der Waals surface area contributed by atoms with Gasteiger partial charge in [0.25, 0.3) is 0 Å². The number of nitrogens with one attached hydrogen (secondary N) is 3. The van der Waals surface area contributed by atoms with Crippen LogP contribution in [0.25, 0.3) is 5.65 Å². The molecule has 7 nitrogen and oxygen atoms in total. The van der Waals surface area contributed by atoms with Crippen LogP contribution in [0.15, 0.2) is 48.9 Å². The quantitative estimate of drug-likeness (QED) is 0.494. The van der Waals surface area contributed by atoms with Crippen molar-refractivity contribution in [3.05, 3.63) is 71.7 Å². The lowest BCUT2D eigenvalue weighted by molar-refractivity contribution is -0.127. The van der Waals surface area contributed by atoms with Crippen molar-refractivity contribution in [2.24, 2.45) is 17.8 Å². The van der Waals surface area contributed by atoms with E-state index in [-0.39, 0.29) is 35.4 Å². The fraction of sp³-hybridized carbons (Fsp3) is 0.500. The summed E-state index contributed by atoms with van der Waals surface area (Å²) in [4.78, 5) is 20.0. The minimum atomic E-state index is -0.495. The molecule has 3 fully saturated rings. The molecule has 9 heteroatoms. The van der Waals surface area contributed by atoms with E-state index in [1.54, 1.807) is 6.20 Å². The molecule has 3 N–H and O–H groups in total. The van der Waals surface area contributed by atoms with Crippen molar-refractivity contribution in [3.63, 3.8) is 0 Å². The first-order chi connectivity index (χ1) is 17.9. The van der Waals surface area contributed by atoms with E-state index in [0.717, 1.165) is 44.4 Å². The van der Waals surface area contributed by atoms with E-state index >= 15 is 0 Å². The predicted octanol–water partition coefficient (Wildman–Crippen LogP) is 3.23. The lowest BCUT2D eigenvalue weighted by Gasteiger charge is -2.38. The number of nitrogens with zero attached hydrogens (tertiary/aromatic N) is 3. The van der Waals surface area contributed by atoms with Gasteiger partial charge in [-0.15, -0.1) is 0 Å². The van der Waals surface area contributed by atoms with E-state index in [1.807, 2.05) is 23.8 Å².